The highest BCUT2D eigenvalue weighted by molar-refractivity contribution is 9.10. The van der Waals surface area contributed by atoms with Crippen molar-refractivity contribution in [1.82, 2.24) is 9.97 Å². The molecule has 2 N–H and O–H groups in total. The monoisotopic (exact) mass is 284 g/mol. The Kier molecular flexibility index (Phi) is 3.33. The van der Waals surface area contributed by atoms with Crippen molar-refractivity contribution < 1.29 is 0 Å². The van der Waals surface area contributed by atoms with Gasteiger partial charge >= 0.3 is 0 Å². The van der Waals surface area contributed by atoms with Gasteiger partial charge in [0, 0.05) is 13.1 Å². The van der Waals surface area contributed by atoms with E-state index in [9.17, 15) is 0 Å². The van der Waals surface area contributed by atoms with Crippen LogP contribution in [-0.2, 0) is 0 Å². The lowest BCUT2D eigenvalue weighted by atomic mass is 9.92. The fourth-order valence-electron chi connectivity index (χ4n) is 2.43. The fourth-order valence-corrected chi connectivity index (χ4v) is 2.89. The molecule has 1 fully saturated rings. The van der Waals surface area contributed by atoms with Crippen LogP contribution in [0, 0.1) is 11.8 Å². The second kappa shape index (κ2) is 4.57. The molecule has 16 heavy (non-hydrogen) atoms. The van der Waals surface area contributed by atoms with Crippen LogP contribution in [0.5, 0.6) is 0 Å². The topological polar surface area (TPSA) is 55.0 Å². The minimum atomic E-state index is 0.510. The lowest BCUT2D eigenvalue weighted by molar-refractivity contribution is 0.355. The van der Waals surface area contributed by atoms with E-state index in [0.717, 1.165) is 23.4 Å². The highest BCUT2D eigenvalue weighted by Gasteiger charge is 2.24. The van der Waals surface area contributed by atoms with Gasteiger partial charge in [-0.1, -0.05) is 13.8 Å². The molecule has 1 aliphatic heterocycles. The Morgan fingerprint density at radius 3 is 2.56 bits per heavy atom. The molecule has 2 heterocycles. The summed E-state index contributed by atoms with van der Waals surface area (Å²) in [7, 11) is 0. The predicted molar refractivity (Wildman–Crippen MR) is 69.3 cm³/mol. The van der Waals surface area contributed by atoms with Crippen LogP contribution in [0.4, 0.5) is 11.6 Å². The Morgan fingerprint density at radius 2 is 1.94 bits per heavy atom. The Bertz CT molecular complexity index is 372. The number of nitrogen functional groups attached to an aromatic ring is 1. The number of hydrogen-bond acceptors (Lipinski definition) is 4. The first-order valence-electron chi connectivity index (χ1n) is 5.59. The molecule has 2 atom stereocenters. The average molecular weight is 285 g/mol. The van der Waals surface area contributed by atoms with Crippen LogP contribution in [0.1, 0.15) is 20.3 Å². The maximum atomic E-state index is 5.77. The zero-order valence-electron chi connectivity index (χ0n) is 9.65. The SMILES string of the molecule is CC1CC(C)CN(c2ncnc(N)c2Br)C1. The summed E-state index contributed by atoms with van der Waals surface area (Å²) >= 11 is 3.46. The number of nitrogens with zero attached hydrogens (tertiary/aromatic N) is 3. The Morgan fingerprint density at radius 1 is 1.31 bits per heavy atom. The molecule has 88 valence electrons. The summed E-state index contributed by atoms with van der Waals surface area (Å²) < 4.78 is 0.816. The number of aromatic nitrogens is 2. The number of hydrogen-bond donors (Lipinski definition) is 1. The van der Waals surface area contributed by atoms with Crippen molar-refractivity contribution in [2.24, 2.45) is 11.8 Å². The lowest BCUT2D eigenvalue weighted by Crippen LogP contribution is -2.39. The molecule has 2 unspecified atom stereocenters. The third-order valence-corrected chi connectivity index (χ3v) is 3.73. The van der Waals surface area contributed by atoms with Gasteiger partial charge in [-0.3, -0.25) is 0 Å². The number of halogens is 1. The zero-order valence-corrected chi connectivity index (χ0v) is 11.2. The zero-order chi connectivity index (χ0) is 11.7. The van der Waals surface area contributed by atoms with Crippen molar-refractivity contribution in [1.29, 1.82) is 0 Å². The average Bonchev–Trinajstić information content (AvgIpc) is 2.20. The number of piperidine rings is 1. The van der Waals surface area contributed by atoms with Crippen molar-refractivity contribution in [2.45, 2.75) is 20.3 Å². The summed E-state index contributed by atoms with van der Waals surface area (Å²) in [5.74, 6) is 2.83. The van der Waals surface area contributed by atoms with Gasteiger partial charge in [-0.05, 0) is 34.2 Å². The van der Waals surface area contributed by atoms with E-state index < -0.39 is 0 Å². The smallest absolute Gasteiger partial charge is 0.148 e. The van der Waals surface area contributed by atoms with Gasteiger partial charge in [0.05, 0.1) is 0 Å². The molecule has 1 aromatic heterocycles. The van der Waals surface area contributed by atoms with E-state index in [1.807, 2.05) is 0 Å². The van der Waals surface area contributed by atoms with E-state index >= 15 is 0 Å². The number of rotatable bonds is 1. The van der Waals surface area contributed by atoms with Gasteiger partial charge < -0.3 is 10.6 Å². The molecular weight excluding hydrogens is 268 g/mol. The summed E-state index contributed by atoms with van der Waals surface area (Å²) in [6.45, 7) is 6.64. The molecule has 0 saturated carbocycles. The van der Waals surface area contributed by atoms with E-state index in [0.29, 0.717) is 17.7 Å². The van der Waals surface area contributed by atoms with E-state index in [1.54, 1.807) is 0 Å². The van der Waals surface area contributed by atoms with Crippen molar-refractivity contribution in [3.8, 4) is 0 Å². The highest BCUT2D eigenvalue weighted by atomic mass is 79.9. The van der Waals surface area contributed by atoms with Gasteiger partial charge in [0.1, 0.15) is 22.4 Å². The van der Waals surface area contributed by atoms with Crippen molar-refractivity contribution in [3.05, 3.63) is 10.8 Å². The molecule has 0 aromatic carbocycles. The first-order chi connectivity index (χ1) is 7.58. The maximum Gasteiger partial charge on any atom is 0.148 e. The Hall–Kier alpha value is -0.840. The molecule has 1 aliphatic rings. The highest BCUT2D eigenvalue weighted by Crippen LogP contribution is 2.31. The molecule has 2 rings (SSSR count). The molecule has 5 heteroatoms. The molecule has 4 nitrogen and oxygen atoms in total. The van der Waals surface area contributed by atoms with Gasteiger partial charge in [0.15, 0.2) is 0 Å². The van der Waals surface area contributed by atoms with Crippen LogP contribution >= 0.6 is 15.9 Å². The van der Waals surface area contributed by atoms with E-state index in [4.69, 9.17) is 5.73 Å². The summed E-state index contributed by atoms with van der Waals surface area (Å²) in [6, 6.07) is 0. The third-order valence-electron chi connectivity index (χ3n) is 2.97. The normalized spacial score (nSPS) is 25.8. The largest absolute Gasteiger partial charge is 0.383 e. The minimum absolute atomic E-state index is 0.510. The van der Waals surface area contributed by atoms with Crippen LogP contribution < -0.4 is 10.6 Å². The predicted octanol–water partition coefficient (Wildman–Crippen LogP) is 2.30. The minimum Gasteiger partial charge on any atom is -0.383 e. The standard InChI is InChI=1S/C11H17BrN4/c1-7-3-8(2)5-16(4-7)11-9(12)10(13)14-6-15-11/h6-8H,3-5H2,1-2H3,(H2,13,14,15). The molecular formula is C11H17BrN4. The van der Waals surface area contributed by atoms with Crippen LogP contribution in [0.2, 0.25) is 0 Å². The summed E-state index contributed by atoms with van der Waals surface area (Å²) in [4.78, 5) is 10.6. The number of nitrogens with two attached hydrogens (primary N) is 1. The van der Waals surface area contributed by atoms with Crippen LogP contribution in [0.25, 0.3) is 0 Å². The molecule has 0 amide bonds. The molecule has 1 aromatic rings. The van der Waals surface area contributed by atoms with Gasteiger partial charge in [0.2, 0.25) is 0 Å². The van der Waals surface area contributed by atoms with Crippen LogP contribution in [0.3, 0.4) is 0 Å². The van der Waals surface area contributed by atoms with Crippen LogP contribution in [-0.4, -0.2) is 23.1 Å². The van der Waals surface area contributed by atoms with Crippen molar-refractivity contribution >= 4 is 27.6 Å². The van der Waals surface area contributed by atoms with Gasteiger partial charge in [-0.15, -0.1) is 0 Å². The lowest BCUT2D eigenvalue weighted by Gasteiger charge is -2.36. The van der Waals surface area contributed by atoms with Gasteiger partial charge in [0.25, 0.3) is 0 Å². The van der Waals surface area contributed by atoms with Gasteiger partial charge in [-0.25, -0.2) is 9.97 Å². The summed E-state index contributed by atoms with van der Waals surface area (Å²) in [5, 5.41) is 0. The third kappa shape index (κ3) is 2.29. The first-order valence-corrected chi connectivity index (χ1v) is 6.38. The van der Waals surface area contributed by atoms with E-state index in [-0.39, 0.29) is 0 Å². The molecule has 0 radical (unpaired) electrons. The second-order valence-electron chi connectivity index (χ2n) is 4.75. The van der Waals surface area contributed by atoms with Crippen LogP contribution in [0.15, 0.2) is 10.8 Å². The number of anilines is 2. The van der Waals surface area contributed by atoms with Gasteiger partial charge in [-0.2, -0.15) is 0 Å². The second-order valence-corrected chi connectivity index (χ2v) is 5.54. The van der Waals surface area contributed by atoms with E-state index in [1.165, 1.54) is 12.7 Å². The summed E-state index contributed by atoms with van der Waals surface area (Å²) in [6.07, 6.45) is 2.81. The van der Waals surface area contributed by atoms with Crippen molar-refractivity contribution in [3.63, 3.8) is 0 Å². The maximum absolute atomic E-state index is 5.77. The first kappa shape index (κ1) is 11.6. The molecule has 1 saturated heterocycles. The molecule has 0 aliphatic carbocycles. The molecule has 0 spiro atoms. The summed E-state index contributed by atoms with van der Waals surface area (Å²) in [5.41, 5.74) is 5.77. The van der Waals surface area contributed by atoms with E-state index in [2.05, 4.69) is 44.6 Å². The Balaban J connectivity index is 2.26. The Labute approximate surface area is 104 Å². The van der Waals surface area contributed by atoms with Crippen molar-refractivity contribution in [2.75, 3.05) is 23.7 Å². The quantitative estimate of drug-likeness (QED) is 0.860. The fraction of sp³-hybridized carbons (Fsp3) is 0.636. The molecule has 0 bridgehead atoms.